The molecule has 0 unspecified atom stereocenters. The number of nitrogens with two attached hydrogens (primary N) is 1. The number of benzene rings is 2. The predicted molar refractivity (Wildman–Crippen MR) is 148 cm³/mol. The number of esters is 1. The first-order chi connectivity index (χ1) is 18.5. The van der Waals surface area contributed by atoms with Gasteiger partial charge in [0.15, 0.2) is 0 Å². The highest BCUT2D eigenvalue weighted by Crippen LogP contribution is 2.32. The summed E-state index contributed by atoms with van der Waals surface area (Å²) in [6.45, 7) is 8.21. The van der Waals surface area contributed by atoms with Gasteiger partial charge in [-0.05, 0) is 57.3 Å². The summed E-state index contributed by atoms with van der Waals surface area (Å²) in [6.07, 6.45) is 0.101. The lowest BCUT2D eigenvalue weighted by atomic mass is 10.1. The van der Waals surface area contributed by atoms with Crippen LogP contribution in [0.15, 0.2) is 59.0 Å². The number of methoxy groups -OCH3 is 1. The molecule has 4 rings (SSSR count). The van der Waals surface area contributed by atoms with Crippen molar-refractivity contribution in [3.05, 3.63) is 77.2 Å². The molecule has 2 N–H and O–H groups in total. The van der Waals surface area contributed by atoms with E-state index in [1.165, 1.54) is 7.05 Å². The molecule has 0 saturated carbocycles. The fourth-order valence-electron chi connectivity index (χ4n) is 3.73. The van der Waals surface area contributed by atoms with Crippen LogP contribution in [0.25, 0.3) is 22.2 Å². The number of nitrogens with zero attached hydrogens (tertiary/aromatic N) is 2. The first kappa shape index (κ1) is 29.9. The van der Waals surface area contributed by atoms with E-state index in [1.54, 1.807) is 38.3 Å². The van der Waals surface area contributed by atoms with Crippen LogP contribution >= 0.6 is 0 Å². The molecule has 2 aromatic carbocycles. The number of hydrogen-bond donors (Lipinski definition) is 1. The van der Waals surface area contributed by atoms with Crippen molar-refractivity contribution >= 4 is 16.9 Å². The van der Waals surface area contributed by atoms with Crippen molar-refractivity contribution in [3.8, 4) is 28.8 Å². The number of carbonyl (C=O) groups is 1. The van der Waals surface area contributed by atoms with Gasteiger partial charge in [0, 0.05) is 28.1 Å². The molecule has 0 aliphatic heterocycles. The van der Waals surface area contributed by atoms with Crippen molar-refractivity contribution in [2.75, 3.05) is 20.8 Å². The van der Waals surface area contributed by atoms with E-state index >= 15 is 0 Å². The molecule has 0 aliphatic rings. The molecule has 38 heavy (non-hydrogen) atoms. The molecule has 0 amide bonds. The maximum absolute atomic E-state index is 12.0. The Morgan fingerprint density at radius 2 is 1.87 bits per heavy atom. The molecular formula is C30H35N3O5. The lowest BCUT2D eigenvalue weighted by Gasteiger charge is -2.13. The van der Waals surface area contributed by atoms with Crippen LogP contribution in [0.2, 0.25) is 0 Å². The third-order valence-corrected chi connectivity index (χ3v) is 5.44. The van der Waals surface area contributed by atoms with Crippen molar-refractivity contribution in [1.29, 1.82) is 5.26 Å². The van der Waals surface area contributed by atoms with E-state index in [2.05, 4.69) is 16.8 Å². The minimum atomic E-state index is -0.320. The molecule has 2 heterocycles. The summed E-state index contributed by atoms with van der Waals surface area (Å²) >= 11 is 0. The quantitative estimate of drug-likeness (QED) is 0.284. The summed E-state index contributed by atoms with van der Waals surface area (Å²) in [5.41, 5.74) is 8.76. The summed E-state index contributed by atoms with van der Waals surface area (Å²) in [4.78, 5) is 16.4. The van der Waals surface area contributed by atoms with E-state index in [-0.39, 0.29) is 19.0 Å². The van der Waals surface area contributed by atoms with E-state index in [0.29, 0.717) is 35.1 Å². The minimum absolute atomic E-state index is 0.101. The van der Waals surface area contributed by atoms with E-state index in [4.69, 9.17) is 23.9 Å². The highest BCUT2D eigenvalue weighted by Gasteiger charge is 2.16. The third kappa shape index (κ3) is 7.34. The summed E-state index contributed by atoms with van der Waals surface area (Å²) in [5.74, 6) is 1.59. The lowest BCUT2D eigenvalue weighted by Crippen LogP contribution is -2.09. The fraction of sp³-hybridized carbons (Fsp3) is 0.300. The second-order valence-corrected chi connectivity index (χ2v) is 7.61. The molecule has 4 aromatic rings. The molecule has 0 atom stereocenters. The number of aromatic nitrogens is 1. The Morgan fingerprint density at radius 1 is 1.11 bits per heavy atom. The summed E-state index contributed by atoms with van der Waals surface area (Å²) in [6, 6.07) is 18.6. The van der Waals surface area contributed by atoms with E-state index in [1.807, 2.05) is 51.1 Å². The van der Waals surface area contributed by atoms with Gasteiger partial charge in [-0.15, -0.1) is 0 Å². The number of pyridine rings is 1. The molecule has 200 valence electrons. The Balaban J connectivity index is 0.00000121. The molecule has 0 aliphatic carbocycles. The number of fused-ring (bicyclic) bond motifs is 1. The number of nitriles is 1. The van der Waals surface area contributed by atoms with Crippen molar-refractivity contribution < 1.29 is 23.4 Å². The van der Waals surface area contributed by atoms with Crippen LogP contribution < -0.4 is 15.2 Å². The molecule has 2 aromatic heterocycles. The average Bonchev–Trinajstić information content (AvgIpc) is 3.28. The first-order valence-corrected chi connectivity index (χ1v) is 12.4. The zero-order valence-electron chi connectivity index (χ0n) is 22.8. The Labute approximate surface area is 224 Å². The molecule has 0 spiro atoms. The maximum Gasteiger partial charge on any atom is 0.310 e. The van der Waals surface area contributed by atoms with Gasteiger partial charge in [-0.2, -0.15) is 5.26 Å². The number of furan rings is 1. The van der Waals surface area contributed by atoms with Gasteiger partial charge in [-0.1, -0.05) is 26.0 Å². The van der Waals surface area contributed by atoms with E-state index in [0.717, 1.165) is 27.9 Å². The standard InChI is InChI=1S/C27H24N2O5.C2H6.CH5N/c1-4-32-27(30)13-19-8-10-21(31-3)14-26(19)33-16-23-17(2)34-25-11-9-18(12-22(23)25)24-7-5-6-20(15-28)29-24;2*1-2/h5-12,14H,4,13,16H2,1-3H3;1-2H3;2H2,1H3. The third-order valence-electron chi connectivity index (χ3n) is 5.44. The topological polar surface area (TPSA) is 121 Å². The Morgan fingerprint density at radius 3 is 2.55 bits per heavy atom. The predicted octanol–water partition coefficient (Wildman–Crippen LogP) is 5.97. The van der Waals surface area contributed by atoms with Gasteiger partial charge in [0.1, 0.15) is 41.2 Å². The maximum atomic E-state index is 12.0. The SMILES string of the molecule is CC.CCOC(=O)Cc1ccc(OC)cc1OCc1c(C)oc2ccc(-c3cccc(C#N)n3)cc12.CN. The van der Waals surface area contributed by atoms with Gasteiger partial charge in [-0.25, -0.2) is 4.98 Å². The number of hydrogen-bond acceptors (Lipinski definition) is 8. The smallest absolute Gasteiger partial charge is 0.310 e. The highest BCUT2D eigenvalue weighted by molar-refractivity contribution is 5.86. The summed E-state index contributed by atoms with van der Waals surface area (Å²) in [5, 5.41) is 10.1. The highest BCUT2D eigenvalue weighted by atomic mass is 16.5. The van der Waals surface area contributed by atoms with Crippen molar-refractivity contribution in [2.24, 2.45) is 5.73 Å². The Kier molecular flexibility index (Phi) is 11.8. The van der Waals surface area contributed by atoms with Crippen molar-refractivity contribution in [3.63, 3.8) is 0 Å². The second-order valence-electron chi connectivity index (χ2n) is 7.61. The van der Waals surface area contributed by atoms with Gasteiger partial charge >= 0.3 is 5.97 Å². The first-order valence-electron chi connectivity index (χ1n) is 12.4. The largest absolute Gasteiger partial charge is 0.497 e. The van der Waals surface area contributed by atoms with Gasteiger partial charge < -0.3 is 24.4 Å². The van der Waals surface area contributed by atoms with Gasteiger partial charge in [-0.3, -0.25) is 4.79 Å². The van der Waals surface area contributed by atoms with E-state index < -0.39 is 0 Å². The molecule has 0 radical (unpaired) electrons. The number of rotatable bonds is 8. The Bertz CT molecular complexity index is 1390. The molecule has 0 fully saturated rings. The lowest BCUT2D eigenvalue weighted by molar-refractivity contribution is -0.142. The number of aryl methyl sites for hydroxylation is 1. The van der Waals surface area contributed by atoms with Crippen LogP contribution in [0, 0.1) is 18.3 Å². The van der Waals surface area contributed by atoms with Crippen LogP contribution in [0.5, 0.6) is 11.5 Å². The second kappa shape index (κ2) is 15.0. The van der Waals surface area contributed by atoms with Gasteiger partial charge in [0.25, 0.3) is 0 Å². The number of ether oxygens (including phenoxy) is 3. The number of carbonyl (C=O) groups excluding carboxylic acids is 1. The van der Waals surface area contributed by atoms with E-state index in [9.17, 15) is 4.79 Å². The van der Waals surface area contributed by atoms with Crippen LogP contribution in [0.3, 0.4) is 0 Å². The summed E-state index contributed by atoms with van der Waals surface area (Å²) in [7, 11) is 3.08. The van der Waals surface area contributed by atoms with Crippen molar-refractivity contribution in [1.82, 2.24) is 4.98 Å². The molecule has 0 saturated heterocycles. The molecule has 8 heteroatoms. The van der Waals surface area contributed by atoms with Gasteiger partial charge in [0.2, 0.25) is 0 Å². The summed E-state index contributed by atoms with van der Waals surface area (Å²) < 4.78 is 22.5. The van der Waals surface area contributed by atoms with Crippen molar-refractivity contribution in [2.45, 2.75) is 40.7 Å². The fourth-order valence-corrected chi connectivity index (χ4v) is 3.73. The molecule has 0 bridgehead atoms. The van der Waals surface area contributed by atoms with Gasteiger partial charge in [0.05, 0.1) is 25.8 Å². The minimum Gasteiger partial charge on any atom is -0.497 e. The molecular weight excluding hydrogens is 482 g/mol. The van der Waals surface area contributed by atoms with Crippen LogP contribution in [0.1, 0.15) is 43.4 Å². The zero-order valence-corrected chi connectivity index (χ0v) is 22.8. The normalized spacial score (nSPS) is 9.84. The monoisotopic (exact) mass is 517 g/mol. The van der Waals surface area contributed by atoms with Crippen LogP contribution in [0.4, 0.5) is 0 Å². The zero-order chi connectivity index (χ0) is 28.1. The van der Waals surface area contributed by atoms with Crippen LogP contribution in [-0.4, -0.2) is 31.7 Å². The van der Waals surface area contributed by atoms with Crippen LogP contribution in [-0.2, 0) is 22.6 Å². The average molecular weight is 518 g/mol. The molecule has 8 nitrogen and oxygen atoms in total. The Hall–Kier alpha value is -4.35.